The fraction of sp³-hybridized carbons (Fsp3) is 0.125. The van der Waals surface area contributed by atoms with Gasteiger partial charge in [-0.15, -0.1) is 0 Å². The summed E-state index contributed by atoms with van der Waals surface area (Å²) in [5.74, 6) is -0.465. The molecule has 1 aromatic heterocycles. The lowest BCUT2D eigenvalue weighted by Crippen LogP contribution is -2.30. The molecule has 0 unspecified atom stereocenters. The topological polar surface area (TPSA) is 98.1 Å². The van der Waals surface area contributed by atoms with Crippen molar-refractivity contribution in [2.45, 2.75) is 13.2 Å². The van der Waals surface area contributed by atoms with Crippen LogP contribution in [-0.4, -0.2) is 29.9 Å². The largest absolute Gasteiger partial charge is 0.488 e. The van der Waals surface area contributed by atoms with Gasteiger partial charge in [0.15, 0.2) is 0 Å². The molecule has 0 aliphatic carbocycles. The summed E-state index contributed by atoms with van der Waals surface area (Å²) in [6.45, 7) is 0.0376. The second-order valence-corrected chi connectivity index (χ2v) is 8.04. The Morgan fingerprint density at radius 2 is 1.91 bits per heavy atom. The van der Waals surface area contributed by atoms with Gasteiger partial charge in [-0.2, -0.15) is 0 Å². The first kappa shape index (κ1) is 23.4. The van der Waals surface area contributed by atoms with Crippen molar-refractivity contribution in [3.8, 4) is 5.75 Å². The lowest BCUT2D eigenvalue weighted by molar-refractivity contribution is -0.123. The lowest BCUT2D eigenvalue weighted by Gasteiger charge is -2.11. The molecule has 1 N–H and O–H groups in total. The van der Waals surface area contributed by atoms with Crippen LogP contribution in [0.4, 0.5) is 4.79 Å². The van der Waals surface area contributed by atoms with Crippen LogP contribution in [0, 0.1) is 0 Å². The number of amides is 3. The number of ether oxygens (including phenoxy) is 2. The van der Waals surface area contributed by atoms with Crippen molar-refractivity contribution in [3.63, 3.8) is 0 Å². The lowest BCUT2D eigenvalue weighted by atomic mass is 10.1. The van der Waals surface area contributed by atoms with Crippen LogP contribution >= 0.6 is 23.2 Å². The second-order valence-electron chi connectivity index (χ2n) is 7.20. The Kier molecular flexibility index (Phi) is 6.90. The number of urea groups is 1. The van der Waals surface area contributed by atoms with Gasteiger partial charge in [-0.05, 0) is 36.4 Å². The summed E-state index contributed by atoms with van der Waals surface area (Å²) < 4.78 is 15.8. The van der Waals surface area contributed by atoms with E-state index in [0.717, 1.165) is 10.5 Å². The molecule has 1 aliphatic heterocycles. The minimum atomic E-state index is -0.652. The molecule has 10 heteroatoms. The molecule has 3 amide bonds. The molecule has 174 valence electrons. The van der Waals surface area contributed by atoms with Gasteiger partial charge < -0.3 is 19.2 Å². The molecule has 3 aromatic rings. The van der Waals surface area contributed by atoms with Gasteiger partial charge in [-0.25, -0.2) is 9.59 Å². The molecule has 0 bridgehead atoms. The zero-order valence-electron chi connectivity index (χ0n) is 17.8. The van der Waals surface area contributed by atoms with Crippen LogP contribution in [0.1, 0.15) is 27.4 Å². The number of nitrogens with one attached hydrogen (secondary N) is 1. The van der Waals surface area contributed by atoms with Gasteiger partial charge in [0, 0.05) is 21.2 Å². The zero-order chi connectivity index (χ0) is 24.2. The molecule has 0 radical (unpaired) electrons. The summed E-state index contributed by atoms with van der Waals surface area (Å²) in [6, 6.07) is 14.5. The number of carbonyl (C=O) groups excluding carboxylic acids is 3. The number of methoxy groups -OCH3 is 1. The highest BCUT2D eigenvalue weighted by Gasteiger charge is 2.34. The molecule has 4 rings (SSSR count). The summed E-state index contributed by atoms with van der Waals surface area (Å²) in [7, 11) is 1.23. The minimum absolute atomic E-state index is 0.0211. The Labute approximate surface area is 204 Å². The van der Waals surface area contributed by atoms with Crippen LogP contribution in [0.2, 0.25) is 10.0 Å². The SMILES string of the molecule is COC(=O)c1ccc(CN2C(=O)N/C(=C\c3ccccc3OCc3ccc(Cl)cc3Cl)C2=O)o1. The summed E-state index contributed by atoms with van der Waals surface area (Å²) in [4.78, 5) is 37.8. The van der Waals surface area contributed by atoms with E-state index in [9.17, 15) is 14.4 Å². The first-order valence-electron chi connectivity index (χ1n) is 10.0. The Bertz CT molecular complexity index is 1300. The molecule has 8 nitrogen and oxygen atoms in total. The molecule has 1 fully saturated rings. The van der Waals surface area contributed by atoms with Crippen LogP contribution in [0.3, 0.4) is 0 Å². The average molecular weight is 501 g/mol. The van der Waals surface area contributed by atoms with E-state index in [0.29, 0.717) is 21.4 Å². The molecule has 34 heavy (non-hydrogen) atoms. The normalized spacial score (nSPS) is 14.4. The van der Waals surface area contributed by atoms with Crippen LogP contribution in [0.25, 0.3) is 6.08 Å². The van der Waals surface area contributed by atoms with Crippen LogP contribution in [0.15, 0.2) is 64.7 Å². The molecule has 0 saturated carbocycles. The molecular formula is C24H18Cl2N2O6. The molecular weight excluding hydrogens is 483 g/mol. The number of benzene rings is 2. The first-order chi connectivity index (χ1) is 16.4. The number of furan rings is 1. The number of rotatable bonds is 7. The fourth-order valence-electron chi connectivity index (χ4n) is 3.23. The zero-order valence-corrected chi connectivity index (χ0v) is 19.4. The van der Waals surface area contributed by atoms with Crippen molar-refractivity contribution in [1.82, 2.24) is 10.2 Å². The van der Waals surface area contributed by atoms with E-state index in [-0.39, 0.29) is 30.4 Å². The third-order valence-corrected chi connectivity index (χ3v) is 5.53. The Balaban J connectivity index is 1.50. The maximum absolute atomic E-state index is 12.9. The van der Waals surface area contributed by atoms with E-state index in [1.807, 2.05) is 0 Å². The van der Waals surface area contributed by atoms with Crippen molar-refractivity contribution in [2.75, 3.05) is 7.11 Å². The minimum Gasteiger partial charge on any atom is -0.488 e. The highest BCUT2D eigenvalue weighted by Crippen LogP contribution is 2.27. The Morgan fingerprint density at radius 3 is 2.68 bits per heavy atom. The van der Waals surface area contributed by atoms with Gasteiger partial charge in [0.2, 0.25) is 5.76 Å². The van der Waals surface area contributed by atoms with Crippen molar-refractivity contribution in [3.05, 3.63) is 93.0 Å². The first-order valence-corrected chi connectivity index (χ1v) is 10.8. The Morgan fingerprint density at radius 1 is 1.12 bits per heavy atom. The Hall–Kier alpha value is -3.75. The number of hydrogen-bond acceptors (Lipinski definition) is 6. The summed E-state index contributed by atoms with van der Waals surface area (Å²) >= 11 is 12.1. The van der Waals surface area contributed by atoms with Gasteiger partial charge in [-0.3, -0.25) is 9.69 Å². The average Bonchev–Trinajstić information content (AvgIpc) is 3.39. The third kappa shape index (κ3) is 5.08. The second kappa shape index (κ2) is 10.0. The summed E-state index contributed by atoms with van der Waals surface area (Å²) in [5, 5.41) is 3.55. The smallest absolute Gasteiger partial charge is 0.373 e. The molecule has 1 saturated heterocycles. The van der Waals surface area contributed by atoms with Crippen LogP contribution in [-0.2, 0) is 22.7 Å². The van der Waals surface area contributed by atoms with Crippen molar-refractivity contribution >= 4 is 47.2 Å². The molecule has 2 aromatic carbocycles. The van der Waals surface area contributed by atoms with E-state index in [1.54, 1.807) is 42.5 Å². The number of para-hydroxylation sites is 1. The third-order valence-electron chi connectivity index (χ3n) is 4.94. The highest BCUT2D eigenvalue weighted by atomic mass is 35.5. The summed E-state index contributed by atoms with van der Waals surface area (Å²) in [5.41, 5.74) is 1.41. The van der Waals surface area contributed by atoms with E-state index in [4.69, 9.17) is 32.4 Å². The van der Waals surface area contributed by atoms with Gasteiger partial charge in [0.1, 0.15) is 23.8 Å². The predicted molar refractivity (Wildman–Crippen MR) is 124 cm³/mol. The maximum Gasteiger partial charge on any atom is 0.373 e. The number of hydrogen-bond donors (Lipinski definition) is 1. The molecule has 0 spiro atoms. The highest BCUT2D eigenvalue weighted by molar-refractivity contribution is 6.35. The van der Waals surface area contributed by atoms with E-state index in [2.05, 4.69) is 10.1 Å². The van der Waals surface area contributed by atoms with Crippen molar-refractivity contribution in [1.29, 1.82) is 0 Å². The van der Waals surface area contributed by atoms with Crippen LogP contribution < -0.4 is 10.1 Å². The van der Waals surface area contributed by atoms with Crippen molar-refractivity contribution in [2.24, 2.45) is 0 Å². The van der Waals surface area contributed by atoms with Crippen molar-refractivity contribution < 1.29 is 28.3 Å². The number of halogens is 2. The van der Waals surface area contributed by atoms with Gasteiger partial charge >= 0.3 is 12.0 Å². The summed E-state index contributed by atoms with van der Waals surface area (Å²) in [6.07, 6.45) is 1.53. The number of carbonyl (C=O) groups is 3. The number of nitrogens with zero attached hydrogens (tertiary/aromatic N) is 1. The van der Waals surface area contributed by atoms with E-state index >= 15 is 0 Å². The molecule has 2 heterocycles. The molecule has 1 aliphatic rings. The van der Waals surface area contributed by atoms with Gasteiger partial charge in [0.25, 0.3) is 5.91 Å². The number of imide groups is 1. The predicted octanol–water partition coefficient (Wildman–Crippen LogP) is 5.04. The van der Waals surface area contributed by atoms with Crippen LogP contribution in [0.5, 0.6) is 5.75 Å². The van der Waals surface area contributed by atoms with Gasteiger partial charge in [0.05, 0.1) is 13.7 Å². The maximum atomic E-state index is 12.9. The molecule has 0 atom stereocenters. The monoisotopic (exact) mass is 500 g/mol. The fourth-order valence-corrected chi connectivity index (χ4v) is 3.69. The van der Waals surface area contributed by atoms with Gasteiger partial charge in [-0.1, -0.05) is 47.5 Å². The number of esters is 1. The standard InChI is InChI=1S/C24H18Cl2N2O6/c1-32-23(30)21-9-8-17(34-21)12-28-22(29)19(27-24(28)31)10-14-4-2-3-5-20(14)33-13-15-6-7-16(25)11-18(15)26/h2-11H,12-13H2,1H3,(H,27,31)/b19-10-. The van der Waals surface area contributed by atoms with E-state index < -0.39 is 17.9 Å². The van der Waals surface area contributed by atoms with E-state index in [1.165, 1.54) is 25.3 Å². The quantitative estimate of drug-likeness (QED) is 0.277.